The Morgan fingerprint density at radius 3 is 2.55 bits per heavy atom. The summed E-state index contributed by atoms with van der Waals surface area (Å²) < 4.78 is 0. The monoisotopic (exact) mass is 271 g/mol. The van der Waals surface area contributed by atoms with Crippen LogP contribution in [-0.4, -0.2) is 21.6 Å². The maximum atomic E-state index is 9.21. The fourth-order valence-electron chi connectivity index (χ4n) is 2.03. The summed E-state index contributed by atoms with van der Waals surface area (Å²) in [4.78, 5) is 11.0. The Labute approximate surface area is 120 Å². The van der Waals surface area contributed by atoms with Gasteiger partial charge in [0, 0.05) is 29.7 Å². The number of para-hydroxylation sites is 1. The first-order valence-corrected chi connectivity index (χ1v) is 7.02. The van der Waals surface area contributed by atoms with Crippen molar-refractivity contribution in [2.45, 2.75) is 33.3 Å². The van der Waals surface area contributed by atoms with Gasteiger partial charge in [-0.15, -0.1) is 0 Å². The van der Waals surface area contributed by atoms with Crippen molar-refractivity contribution in [3.05, 3.63) is 47.8 Å². The molecular weight excluding hydrogens is 250 g/mol. The minimum absolute atomic E-state index is 0.0214. The summed E-state index contributed by atoms with van der Waals surface area (Å²) in [5.74, 6) is 0.694. The molecule has 20 heavy (non-hydrogen) atoms. The van der Waals surface area contributed by atoms with Gasteiger partial charge in [0.2, 0.25) is 5.95 Å². The molecule has 0 aliphatic heterocycles. The standard InChI is InChI=1S/C16H21N3O/c1-3-4-10-19(15-8-6-5-7-9-15)16-17-11-14(12-20)13(2)18-16/h5-9,11,20H,3-4,10,12H2,1-2H3. The highest BCUT2D eigenvalue weighted by Crippen LogP contribution is 2.23. The molecule has 0 unspecified atom stereocenters. The zero-order valence-corrected chi connectivity index (χ0v) is 12.1. The number of aliphatic hydroxyl groups excluding tert-OH is 1. The molecule has 2 aromatic rings. The quantitative estimate of drug-likeness (QED) is 0.876. The summed E-state index contributed by atoms with van der Waals surface area (Å²) in [6.07, 6.45) is 3.91. The van der Waals surface area contributed by atoms with Gasteiger partial charge in [-0.1, -0.05) is 31.5 Å². The fraction of sp³-hybridized carbons (Fsp3) is 0.375. The second-order valence-corrected chi connectivity index (χ2v) is 4.78. The number of hydrogen-bond acceptors (Lipinski definition) is 4. The highest BCUT2D eigenvalue weighted by Gasteiger charge is 2.12. The molecule has 1 aromatic heterocycles. The van der Waals surface area contributed by atoms with E-state index in [1.807, 2.05) is 25.1 Å². The van der Waals surface area contributed by atoms with Crippen molar-refractivity contribution in [2.75, 3.05) is 11.4 Å². The Morgan fingerprint density at radius 2 is 1.95 bits per heavy atom. The van der Waals surface area contributed by atoms with Crippen LogP contribution in [0.3, 0.4) is 0 Å². The van der Waals surface area contributed by atoms with Crippen LogP contribution in [0.4, 0.5) is 11.6 Å². The van der Waals surface area contributed by atoms with Crippen LogP contribution in [0.2, 0.25) is 0 Å². The SMILES string of the molecule is CCCCN(c1ccccc1)c1ncc(CO)c(C)n1. The number of unbranched alkanes of at least 4 members (excludes halogenated alkanes) is 1. The molecule has 0 atom stereocenters. The third-order valence-corrected chi connectivity index (χ3v) is 3.28. The molecule has 2 rings (SSSR count). The van der Waals surface area contributed by atoms with Gasteiger partial charge in [-0.05, 0) is 25.5 Å². The number of nitrogens with zero attached hydrogens (tertiary/aromatic N) is 3. The number of aromatic nitrogens is 2. The molecule has 0 spiro atoms. The lowest BCUT2D eigenvalue weighted by atomic mass is 10.2. The Kier molecular flexibility index (Phi) is 5.07. The second kappa shape index (κ2) is 7.01. The zero-order valence-electron chi connectivity index (χ0n) is 12.1. The molecule has 0 aliphatic carbocycles. The lowest BCUT2D eigenvalue weighted by molar-refractivity contribution is 0.280. The predicted molar refractivity (Wildman–Crippen MR) is 81.0 cm³/mol. The van der Waals surface area contributed by atoms with E-state index in [4.69, 9.17) is 0 Å². The second-order valence-electron chi connectivity index (χ2n) is 4.78. The number of hydrogen-bond donors (Lipinski definition) is 1. The van der Waals surface area contributed by atoms with Gasteiger partial charge in [-0.3, -0.25) is 0 Å². The summed E-state index contributed by atoms with van der Waals surface area (Å²) in [7, 11) is 0. The number of aliphatic hydroxyl groups is 1. The number of rotatable bonds is 6. The lowest BCUT2D eigenvalue weighted by Gasteiger charge is -2.23. The van der Waals surface area contributed by atoms with Crippen molar-refractivity contribution >= 4 is 11.6 Å². The van der Waals surface area contributed by atoms with Gasteiger partial charge in [0.05, 0.1) is 6.61 Å². The normalized spacial score (nSPS) is 10.6. The predicted octanol–water partition coefficient (Wildman–Crippen LogP) is 3.22. The third kappa shape index (κ3) is 3.33. The van der Waals surface area contributed by atoms with Gasteiger partial charge in [-0.25, -0.2) is 9.97 Å². The van der Waals surface area contributed by atoms with Crippen LogP contribution in [0, 0.1) is 6.92 Å². The van der Waals surface area contributed by atoms with Crippen molar-refractivity contribution < 1.29 is 5.11 Å². The summed E-state index contributed by atoms with van der Waals surface area (Å²) in [5.41, 5.74) is 2.70. The van der Waals surface area contributed by atoms with Crippen LogP contribution in [0.25, 0.3) is 0 Å². The van der Waals surface area contributed by atoms with E-state index >= 15 is 0 Å². The highest BCUT2D eigenvalue weighted by atomic mass is 16.3. The summed E-state index contributed by atoms with van der Waals surface area (Å²) >= 11 is 0. The topological polar surface area (TPSA) is 49.2 Å². The Morgan fingerprint density at radius 1 is 1.20 bits per heavy atom. The van der Waals surface area contributed by atoms with Gasteiger partial charge in [0.25, 0.3) is 0 Å². The molecule has 0 fully saturated rings. The Balaban J connectivity index is 2.33. The van der Waals surface area contributed by atoms with E-state index < -0.39 is 0 Å². The van der Waals surface area contributed by atoms with Crippen LogP contribution >= 0.6 is 0 Å². The molecule has 1 heterocycles. The van der Waals surface area contributed by atoms with Crippen LogP contribution < -0.4 is 4.90 Å². The van der Waals surface area contributed by atoms with E-state index in [-0.39, 0.29) is 6.61 Å². The van der Waals surface area contributed by atoms with Gasteiger partial charge >= 0.3 is 0 Å². The average Bonchev–Trinajstić information content (AvgIpc) is 2.49. The molecule has 106 valence electrons. The molecule has 0 aliphatic rings. The average molecular weight is 271 g/mol. The van der Waals surface area contributed by atoms with E-state index in [1.54, 1.807) is 6.20 Å². The summed E-state index contributed by atoms with van der Waals surface area (Å²) in [6, 6.07) is 10.2. The molecule has 1 aromatic carbocycles. The minimum Gasteiger partial charge on any atom is -0.392 e. The van der Waals surface area contributed by atoms with Crippen molar-refractivity contribution in [3.63, 3.8) is 0 Å². The van der Waals surface area contributed by atoms with Gasteiger partial charge in [0.1, 0.15) is 0 Å². The Bertz CT molecular complexity index is 543. The molecule has 0 saturated heterocycles. The highest BCUT2D eigenvalue weighted by molar-refractivity contribution is 5.57. The summed E-state index contributed by atoms with van der Waals surface area (Å²) in [6.45, 7) is 4.94. The number of aryl methyl sites for hydroxylation is 1. The van der Waals surface area contributed by atoms with Crippen LogP contribution in [0.1, 0.15) is 31.0 Å². The maximum Gasteiger partial charge on any atom is 0.230 e. The molecule has 4 heteroatoms. The molecule has 0 saturated carbocycles. The number of benzene rings is 1. The molecule has 0 amide bonds. The first-order valence-electron chi connectivity index (χ1n) is 7.02. The van der Waals surface area contributed by atoms with Gasteiger partial charge in [-0.2, -0.15) is 0 Å². The molecule has 4 nitrogen and oxygen atoms in total. The number of anilines is 2. The van der Waals surface area contributed by atoms with Crippen molar-refractivity contribution in [1.82, 2.24) is 9.97 Å². The van der Waals surface area contributed by atoms with Gasteiger partial charge in [0.15, 0.2) is 0 Å². The van der Waals surface area contributed by atoms with Crippen molar-refractivity contribution in [1.29, 1.82) is 0 Å². The lowest BCUT2D eigenvalue weighted by Crippen LogP contribution is -2.21. The van der Waals surface area contributed by atoms with E-state index in [1.165, 1.54) is 0 Å². The van der Waals surface area contributed by atoms with E-state index in [0.29, 0.717) is 5.95 Å². The Hall–Kier alpha value is -1.94. The van der Waals surface area contributed by atoms with E-state index in [2.05, 4.69) is 33.9 Å². The largest absolute Gasteiger partial charge is 0.392 e. The third-order valence-electron chi connectivity index (χ3n) is 3.28. The minimum atomic E-state index is -0.0214. The van der Waals surface area contributed by atoms with Crippen LogP contribution in [0.15, 0.2) is 36.5 Å². The molecule has 1 N–H and O–H groups in total. The van der Waals surface area contributed by atoms with E-state index in [0.717, 1.165) is 36.3 Å². The molecular formula is C16H21N3O. The van der Waals surface area contributed by atoms with Gasteiger partial charge < -0.3 is 10.0 Å². The summed E-state index contributed by atoms with van der Waals surface area (Å²) in [5, 5.41) is 9.21. The van der Waals surface area contributed by atoms with Crippen molar-refractivity contribution in [3.8, 4) is 0 Å². The van der Waals surface area contributed by atoms with E-state index in [9.17, 15) is 5.11 Å². The first-order chi connectivity index (χ1) is 9.76. The zero-order chi connectivity index (χ0) is 14.4. The molecule has 0 bridgehead atoms. The fourth-order valence-corrected chi connectivity index (χ4v) is 2.03. The first kappa shape index (κ1) is 14.5. The smallest absolute Gasteiger partial charge is 0.230 e. The van der Waals surface area contributed by atoms with Crippen LogP contribution in [0.5, 0.6) is 0 Å². The van der Waals surface area contributed by atoms with Crippen molar-refractivity contribution in [2.24, 2.45) is 0 Å². The maximum absolute atomic E-state index is 9.21. The van der Waals surface area contributed by atoms with Crippen LogP contribution in [-0.2, 0) is 6.61 Å². The molecule has 0 radical (unpaired) electrons.